The van der Waals surface area contributed by atoms with Crippen molar-refractivity contribution in [2.75, 3.05) is 18.0 Å². The molecule has 0 aliphatic carbocycles. The Morgan fingerprint density at radius 1 is 1.10 bits per heavy atom. The summed E-state index contributed by atoms with van der Waals surface area (Å²) in [6, 6.07) is 12.3. The van der Waals surface area contributed by atoms with Gasteiger partial charge in [-0.3, -0.25) is 19.6 Å². The van der Waals surface area contributed by atoms with Gasteiger partial charge in [-0.25, -0.2) is 9.78 Å². The number of amides is 2. The number of halogens is 1. The van der Waals surface area contributed by atoms with Gasteiger partial charge in [0.1, 0.15) is 16.7 Å². The van der Waals surface area contributed by atoms with Crippen LogP contribution in [-0.4, -0.2) is 61.6 Å². The summed E-state index contributed by atoms with van der Waals surface area (Å²) < 4.78 is 6.14. The number of benzene rings is 1. The summed E-state index contributed by atoms with van der Waals surface area (Å²) in [5.41, 5.74) is 1.88. The van der Waals surface area contributed by atoms with Gasteiger partial charge < -0.3 is 14.4 Å². The van der Waals surface area contributed by atoms with E-state index in [-0.39, 0.29) is 41.7 Å². The van der Waals surface area contributed by atoms with E-state index in [1.807, 2.05) is 18.2 Å². The van der Waals surface area contributed by atoms with Crippen molar-refractivity contribution in [1.29, 1.82) is 0 Å². The number of aromatic amines is 1. The summed E-state index contributed by atoms with van der Waals surface area (Å²) in [5, 5.41) is 16.2. The van der Waals surface area contributed by atoms with Crippen molar-refractivity contribution in [2.24, 2.45) is 0 Å². The second-order valence-electron chi connectivity index (χ2n) is 11.1. The number of hydrogen-bond donors (Lipinski definition) is 2. The number of nitrogens with zero attached hydrogens (tertiary/aromatic N) is 4. The number of carboxylic acid groups (broad SMARTS) is 1. The molecule has 2 N–H and O–H groups in total. The zero-order valence-corrected chi connectivity index (χ0v) is 23.0. The first-order chi connectivity index (χ1) is 18.3. The lowest BCUT2D eigenvalue weighted by Crippen LogP contribution is -2.64. The van der Waals surface area contributed by atoms with Crippen LogP contribution in [-0.2, 0) is 10.2 Å². The SMILES string of the molecule is CC(C)(C)c1cc(-c2ccc(Cl)cc2)nc2cc(C(=O)N3CCN(c4cc(C(=O)O)[nH]n4)C(=O)C3(C)C)oc12. The van der Waals surface area contributed by atoms with Gasteiger partial charge in [0.25, 0.3) is 11.8 Å². The number of anilines is 1. The Hall–Kier alpha value is -4.18. The van der Waals surface area contributed by atoms with Crippen LogP contribution in [0.4, 0.5) is 5.82 Å². The average molecular weight is 550 g/mol. The molecule has 0 spiro atoms. The molecule has 2 amide bonds. The predicted octanol–water partition coefficient (Wildman–Crippen LogP) is 5.13. The Bertz CT molecular complexity index is 1610. The molecule has 1 saturated heterocycles. The van der Waals surface area contributed by atoms with Gasteiger partial charge in [-0.1, -0.05) is 44.5 Å². The van der Waals surface area contributed by atoms with Crippen molar-refractivity contribution >= 4 is 46.3 Å². The maximum absolute atomic E-state index is 13.7. The van der Waals surface area contributed by atoms with Crippen LogP contribution in [0.3, 0.4) is 0 Å². The molecule has 5 rings (SSSR count). The van der Waals surface area contributed by atoms with Crippen LogP contribution in [0.15, 0.2) is 46.9 Å². The first-order valence-corrected chi connectivity index (χ1v) is 12.8. The van der Waals surface area contributed by atoms with E-state index in [2.05, 4.69) is 31.0 Å². The van der Waals surface area contributed by atoms with Crippen molar-refractivity contribution in [3.05, 3.63) is 64.5 Å². The lowest BCUT2D eigenvalue weighted by atomic mass is 9.86. The van der Waals surface area contributed by atoms with E-state index in [1.54, 1.807) is 32.0 Å². The van der Waals surface area contributed by atoms with Gasteiger partial charge in [0.2, 0.25) is 0 Å². The summed E-state index contributed by atoms with van der Waals surface area (Å²) in [6.45, 7) is 9.80. The fraction of sp³-hybridized carbons (Fsp3) is 0.321. The number of fused-ring (bicyclic) bond motifs is 1. The highest BCUT2D eigenvalue weighted by Crippen LogP contribution is 2.36. The van der Waals surface area contributed by atoms with Crippen molar-refractivity contribution in [1.82, 2.24) is 20.1 Å². The van der Waals surface area contributed by atoms with Crippen molar-refractivity contribution in [3.63, 3.8) is 0 Å². The van der Waals surface area contributed by atoms with Gasteiger partial charge in [0.15, 0.2) is 17.2 Å². The number of pyridine rings is 1. The third kappa shape index (κ3) is 4.65. The molecule has 0 bridgehead atoms. The minimum absolute atomic E-state index is 0.0820. The fourth-order valence-corrected chi connectivity index (χ4v) is 4.87. The van der Waals surface area contributed by atoms with Crippen LogP contribution in [0, 0.1) is 0 Å². The molecule has 4 heterocycles. The Kier molecular flexibility index (Phi) is 6.26. The van der Waals surface area contributed by atoms with E-state index in [4.69, 9.17) is 21.0 Å². The van der Waals surface area contributed by atoms with Crippen molar-refractivity contribution in [3.8, 4) is 11.3 Å². The van der Waals surface area contributed by atoms with E-state index in [0.717, 1.165) is 16.8 Å². The third-order valence-electron chi connectivity index (χ3n) is 6.94. The second kappa shape index (κ2) is 9.23. The van der Waals surface area contributed by atoms with Crippen molar-refractivity contribution in [2.45, 2.75) is 45.6 Å². The highest BCUT2D eigenvalue weighted by Gasteiger charge is 2.46. The largest absolute Gasteiger partial charge is 0.477 e. The molecule has 1 aliphatic rings. The number of nitrogens with one attached hydrogen (secondary N) is 1. The first kappa shape index (κ1) is 26.4. The molecule has 202 valence electrons. The third-order valence-corrected chi connectivity index (χ3v) is 7.20. The van der Waals surface area contributed by atoms with Crippen LogP contribution in [0.5, 0.6) is 0 Å². The molecule has 1 aliphatic heterocycles. The molecule has 3 aromatic heterocycles. The summed E-state index contributed by atoms with van der Waals surface area (Å²) in [4.78, 5) is 46.0. The van der Waals surface area contributed by atoms with Gasteiger partial charge in [-0.15, -0.1) is 0 Å². The topological polar surface area (TPSA) is 133 Å². The number of carbonyl (C=O) groups is 3. The lowest BCUT2D eigenvalue weighted by molar-refractivity contribution is -0.129. The zero-order valence-electron chi connectivity index (χ0n) is 22.2. The van der Waals surface area contributed by atoms with Gasteiger partial charge in [-0.05, 0) is 37.5 Å². The van der Waals surface area contributed by atoms with Crippen LogP contribution in [0.25, 0.3) is 22.4 Å². The average Bonchev–Trinajstić information content (AvgIpc) is 3.52. The molecule has 0 saturated carbocycles. The molecule has 39 heavy (non-hydrogen) atoms. The molecule has 1 fully saturated rings. The molecule has 0 atom stereocenters. The molecule has 10 nitrogen and oxygen atoms in total. The summed E-state index contributed by atoms with van der Waals surface area (Å²) >= 11 is 6.07. The number of piperazine rings is 1. The van der Waals surface area contributed by atoms with E-state index in [9.17, 15) is 19.5 Å². The standard InChI is InChI=1S/C28H28ClN5O5/c1-27(2,3)17-12-18(15-6-8-16(29)9-7-15)30-19-13-21(39-23(17)19)24(35)34-11-10-33(26(38)28(34,4)5)22-14-20(25(36)37)31-32-22/h6-9,12-14H,10-11H2,1-5H3,(H,31,32)(H,36,37). The van der Waals surface area contributed by atoms with Gasteiger partial charge >= 0.3 is 5.97 Å². The van der Waals surface area contributed by atoms with Crippen LogP contribution < -0.4 is 4.90 Å². The minimum Gasteiger partial charge on any atom is -0.477 e. The maximum atomic E-state index is 13.7. The molecule has 1 aromatic carbocycles. The molecule has 0 radical (unpaired) electrons. The Balaban J connectivity index is 1.50. The summed E-state index contributed by atoms with van der Waals surface area (Å²) in [7, 11) is 0. The maximum Gasteiger partial charge on any atom is 0.353 e. The molecule has 4 aromatic rings. The summed E-state index contributed by atoms with van der Waals surface area (Å²) in [6.07, 6.45) is 0. The van der Waals surface area contributed by atoms with Crippen LogP contribution in [0.1, 0.15) is 61.2 Å². The van der Waals surface area contributed by atoms with E-state index >= 15 is 0 Å². The number of furan rings is 1. The van der Waals surface area contributed by atoms with Gasteiger partial charge in [0.05, 0.1) is 5.69 Å². The first-order valence-electron chi connectivity index (χ1n) is 12.4. The Labute approximate surface area is 229 Å². The lowest BCUT2D eigenvalue weighted by Gasteiger charge is -2.44. The quantitative estimate of drug-likeness (QED) is 0.360. The van der Waals surface area contributed by atoms with Gasteiger partial charge in [-0.2, -0.15) is 5.10 Å². The highest BCUT2D eigenvalue weighted by molar-refractivity contribution is 6.30. The smallest absolute Gasteiger partial charge is 0.353 e. The molecular weight excluding hydrogens is 522 g/mol. The molecule has 0 unspecified atom stereocenters. The van der Waals surface area contributed by atoms with E-state index < -0.39 is 17.4 Å². The highest BCUT2D eigenvalue weighted by atomic mass is 35.5. The predicted molar refractivity (Wildman–Crippen MR) is 146 cm³/mol. The number of carboxylic acids is 1. The zero-order chi connectivity index (χ0) is 28.3. The number of carbonyl (C=O) groups excluding carboxylic acids is 2. The van der Waals surface area contributed by atoms with E-state index in [0.29, 0.717) is 16.1 Å². The van der Waals surface area contributed by atoms with E-state index in [1.165, 1.54) is 15.9 Å². The second-order valence-corrected chi connectivity index (χ2v) is 11.5. The Morgan fingerprint density at radius 2 is 1.79 bits per heavy atom. The normalized spacial score (nSPS) is 15.7. The Morgan fingerprint density at radius 3 is 2.41 bits per heavy atom. The number of aromatic carboxylic acids is 1. The van der Waals surface area contributed by atoms with Gasteiger partial charge in [0, 0.05) is 41.4 Å². The number of aromatic nitrogens is 3. The minimum atomic E-state index is -1.24. The van der Waals surface area contributed by atoms with Crippen LogP contribution >= 0.6 is 11.6 Å². The number of H-pyrrole nitrogens is 1. The number of rotatable bonds is 4. The monoisotopic (exact) mass is 549 g/mol. The fourth-order valence-electron chi connectivity index (χ4n) is 4.75. The van der Waals surface area contributed by atoms with Crippen molar-refractivity contribution < 1.29 is 23.9 Å². The molecule has 11 heteroatoms. The van der Waals surface area contributed by atoms with Crippen LogP contribution in [0.2, 0.25) is 5.02 Å². The molecular formula is C28H28ClN5O5. The number of hydrogen-bond acceptors (Lipinski definition) is 6. The summed E-state index contributed by atoms with van der Waals surface area (Å²) in [5.74, 6) is -1.73.